The summed E-state index contributed by atoms with van der Waals surface area (Å²) in [5, 5.41) is 11.9. The lowest BCUT2D eigenvalue weighted by Gasteiger charge is -2.02. The van der Waals surface area contributed by atoms with Crippen LogP contribution >= 0.6 is 11.6 Å². The number of carbonyl (C=O) groups is 1. The fourth-order valence-corrected chi connectivity index (χ4v) is 2.28. The van der Waals surface area contributed by atoms with Crippen molar-refractivity contribution in [1.82, 2.24) is 19.6 Å². The van der Waals surface area contributed by atoms with Gasteiger partial charge in [-0.05, 0) is 30.7 Å². The summed E-state index contributed by atoms with van der Waals surface area (Å²) >= 11 is 5.87. The van der Waals surface area contributed by atoms with E-state index in [0.717, 1.165) is 11.3 Å². The van der Waals surface area contributed by atoms with Crippen LogP contribution in [-0.4, -0.2) is 25.5 Å². The minimum absolute atomic E-state index is 0.250. The molecular formula is C16H16ClN5O. The van der Waals surface area contributed by atoms with Gasteiger partial charge in [-0.25, -0.2) is 0 Å². The summed E-state index contributed by atoms with van der Waals surface area (Å²) in [7, 11) is 1.80. The molecule has 0 spiro atoms. The molecule has 0 unspecified atom stereocenters. The largest absolute Gasteiger partial charge is 0.318 e. The van der Waals surface area contributed by atoms with Crippen LogP contribution in [0.3, 0.4) is 0 Å². The number of carbonyl (C=O) groups excluding carboxylic acids is 1. The number of anilines is 1. The first-order valence-corrected chi connectivity index (χ1v) is 7.48. The zero-order valence-corrected chi connectivity index (χ0v) is 13.6. The number of hydrogen-bond acceptors (Lipinski definition) is 3. The monoisotopic (exact) mass is 329 g/mol. The van der Waals surface area contributed by atoms with Gasteiger partial charge >= 0.3 is 0 Å². The van der Waals surface area contributed by atoms with Gasteiger partial charge < -0.3 is 5.32 Å². The highest BCUT2D eigenvalue weighted by Gasteiger charge is 2.12. The number of amides is 1. The molecule has 3 aromatic rings. The fraction of sp³-hybridized carbons (Fsp3) is 0.188. The van der Waals surface area contributed by atoms with Gasteiger partial charge in [0.1, 0.15) is 0 Å². The summed E-state index contributed by atoms with van der Waals surface area (Å²) in [6, 6.07) is 9.31. The van der Waals surface area contributed by atoms with Crippen molar-refractivity contribution < 1.29 is 4.79 Å². The minimum Gasteiger partial charge on any atom is -0.318 e. The number of benzene rings is 1. The number of rotatable bonds is 4. The van der Waals surface area contributed by atoms with E-state index >= 15 is 0 Å². The Balaban J connectivity index is 1.67. The zero-order valence-electron chi connectivity index (χ0n) is 12.8. The molecule has 0 aliphatic carbocycles. The van der Waals surface area contributed by atoms with Gasteiger partial charge in [-0.1, -0.05) is 23.7 Å². The Morgan fingerprint density at radius 3 is 2.70 bits per heavy atom. The van der Waals surface area contributed by atoms with Crippen LogP contribution in [0.1, 0.15) is 21.7 Å². The molecule has 0 fully saturated rings. The van der Waals surface area contributed by atoms with Crippen LogP contribution in [0, 0.1) is 6.92 Å². The normalized spacial score (nSPS) is 10.7. The first kappa shape index (κ1) is 15.3. The highest BCUT2D eigenvalue weighted by molar-refractivity contribution is 6.30. The van der Waals surface area contributed by atoms with Crippen LogP contribution in [0.2, 0.25) is 5.02 Å². The molecule has 3 rings (SSSR count). The lowest BCUT2D eigenvalue weighted by Crippen LogP contribution is -2.12. The maximum absolute atomic E-state index is 12.1. The van der Waals surface area contributed by atoms with E-state index in [9.17, 15) is 4.79 Å². The molecule has 0 bridgehead atoms. The van der Waals surface area contributed by atoms with Gasteiger partial charge in [0.15, 0.2) is 5.69 Å². The van der Waals surface area contributed by atoms with E-state index in [2.05, 4.69) is 15.5 Å². The summed E-state index contributed by atoms with van der Waals surface area (Å²) in [5.41, 5.74) is 3.02. The average Bonchev–Trinajstić information content (AvgIpc) is 3.09. The van der Waals surface area contributed by atoms with Crippen molar-refractivity contribution in [2.24, 2.45) is 7.05 Å². The molecule has 1 N–H and O–H groups in total. The van der Waals surface area contributed by atoms with E-state index in [1.165, 1.54) is 0 Å². The predicted molar refractivity (Wildman–Crippen MR) is 88.7 cm³/mol. The summed E-state index contributed by atoms with van der Waals surface area (Å²) < 4.78 is 3.42. The zero-order chi connectivity index (χ0) is 16.4. The number of hydrogen-bond donors (Lipinski definition) is 1. The predicted octanol–water partition coefficient (Wildman–Crippen LogP) is 2.88. The fourth-order valence-electron chi connectivity index (χ4n) is 2.16. The van der Waals surface area contributed by atoms with Crippen molar-refractivity contribution in [3.63, 3.8) is 0 Å². The smallest absolute Gasteiger partial charge is 0.276 e. The molecule has 7 heteroatoms. The van der Waals surface area contributed by atoms with Crippen LogP contribution in [-0.2, 0) is 13.6 Å². The molecule has 0 aliphatic rings. The third-order valence-electron chi connectivity index (χ3n) is 3.50. The molecule has 6 nitrogen and oxygen atoms in total. The number of nitrogens with zero attached hydrogens (tertiary/aromatic N) is 4. The second kappa shape index (κ2) is 6.26. The Morgan fingerprint density at radius 1 is 1.30 bits per heavy atom. The molecule has 1 amide bonds. The van der Waals surface area contributed by atoms with Gasteiger partial charge in [-0.15, -0.1) is 0 Å². The van der Waals surface area contributed by atoms with E-state index in [-0.39, 0.29) is 5.91 Å². The van der Waals surface area contributed by atoms with E-state index in [0.29, 0.717) is 22.9 Å². The van der Waals surface area contributed by atoms with E-state index in [1.807, 2.05) is 31.2 Å². The maximum atomic E-state index is 12.1. The maximum Gasteiger partial charge on any atom is 0.276 e. The summed E-state index contributed by atoms with van der Waals surface area (Å²) in [6.45, 7) is 2.50. The first-order valence-electron chi connectivity index (χ1n) is 7.10. The summed E-state index contributed by atoms with van der Waals surface area (Å²) in [5.74, 6) is -0.250. The highest BCUT2D eigenvalue weighted by atomic mass is 35.5. The quantitative estimate of drug-likeness (QED) is 0.800. The third kappa shape index (κ3) is 3.60. The Hall–Kier alpha value is -2.60. The molecule has 1 aromatic carbocycles. The van der Waals surface area contributed by atoms with E-state index in [4.69, 9.17) is 11.6 Å². The lowest BCUT2D eigenvalue weighted by atomic mass is 10.2. The van der Waals surface area contributed by atoms with Gasteiger partial charge in [-0.2, -0.15) is 10.2 Å². The molecule has 0 aliphatic heterocycles. The van der Waals surface area contributed by atoms with Crippen LogP contribution in [0.25, 0.3) is 0 Å². The third-order valence-corrected chi connectivity index (χ3v) is 3.75. The van der Waals surface area contributed by atoms with Crippen molar-refractivity contribution in [1.29, 1.82) is 0 Å². The summed E-state index contributed by atoms with van der Waals surface area (Å²) in [6.07, 6.45) is 3.39. The average molecular weight is 330 g/mol. The second-order valence-electron chi connectivity index (χ2n) is 5.30. The number of aromatic nitrogens is 4. The molecule has 2 aromatic heterocycles. The highest BCUT2D eigenvalue weighted by Crippen LogP contribution is 2.13. The van der Waals surface area contributed by atoms with E-state index < -0.39 is 0 Å². The first-order chi connectivity index (χ1) is 11.0. The van der Waals surface area contributed by atoms with Gasteiger partial charge in [0.25, 0.3) is 5.91 Å². The lowest BCUT2D eigenvalue weighted by molar-refractivity contribution is 0.102. The van der Waals surface area contributed by atoms with Gasteiger partial charge in [-0.3, -0.25) is 14.2 Å². The number of halogens is 1. The molecule has 0 saturated carbocycles. The molecule has 0 saturated heterocycles. The van der Waals surface area contributed by atoms with Crippen molar-refractivity contribution >= 4 is 23.2 Å². The van der Waals surface area contributed by atoms with Crippen molar-refractivity contribution in [3.8, 4) is 0 Å². The van der Waals surface area contributed by atoms with E-state index in [1.54, 1.807) is 34.9 Å². The Kier molecular flexibility index (Phi) is 4.16. The van der Waals surface area contributed by atoms with Crippen molar-refractivity contribution in [3.05, 3.63) is 64.7 Å². The topological polar surface area (TPSA) is 64.7 Å². The molecule has 0 radical (unpaired) electrons. The van der Waals surface area contributed by atoms with Crippen molar-refractivity contribution in [2.45, 2.75) is 13.5 Å². The minimum atomic E-state index is -0.250. The Bertz CT molecular complexity index is 815. The SMILES string of the molecule is Cc1cc(C(=O)Nc2cnn(Cc3ccc(Cl)cc3)c2)nn1C. The molecular weight excluding hydrogens is 314 g/mol. The number of nitrogens with one attached hydrogen (secondary N) is 1. The molecule has 0 atom stereocenters. The van der Waals surface area contributed by atoms with Gasteiger partial charge in [0.2, 0.25) is 0 Å². The van der Waals surface area contributed by atoms with Crippen molar-refractivity contribution in [2.75, 3.05) is 5.32 Å². The van der Waals surface area contributed by atoms with Crippen LogP contribution in [0.15, 0.2) is 42.7 Å². The Morgan fingerprint density at radius 2 is 2.04 bits per heavy atom. The molecule has 118 valence electrons. The molecule has 2 heterocycles. The second-order valence-corrected chi connectivity index (χ2v) is 5.74. The number of aryl methyl sites for hydroxylation is 2. The van der Waals surface area contributed by atoms with Crippen LogP contribution in [0.5, 0.6) is 0 Å². The van der Waals surface area contributed by atoms with Crippen LogP contribution < -0.4 is 5.32 Å². The summed E-state index contributed by atoms with van der Waals surface area (Å²) in [4.78, 5) is 12.1. The van der Waals surface area contributed by atoms with Crippen LogP contribution in [0.4, 0.5) is 5.69 Å². The van der Waals surface area contributed by atoms with Gasteiger partial charge in [0, 0.05) is 24.0 Å². The molecule has 23 heavy (non-hydrogen) atoms. The van der Waals surface area contributed by atoms with Gasteiger partial charge in [0.05, 0.1) is 18.4 Å². The Labute approximate surface area is 138 Å². The standard InChI is InChI=1S/C16H16ClN5O/c1-11-7-15(20-21(11)2)16(23)19-14-8-18-22(10-14)9-12-3-5-13(17)6-4-12/h3-8,10H,9H2,1-2H3,(H,19,23).